The minimum absolute atomic E-state index is 0.185. The van der Waals surface area contributed by atoms with E-state index < -0.39 is 0 Å². The van der Waals surface area contributed by atoms with E-state index in [9.17, 15) is 10.1 Å². The van der Waals surface area contributed by atoms with E-state index in [1.807, 2.05) is 19.2 Å². The fraction of sp³-hybridized carbons (Fsp3) is 0.600. The average Bonchev–Trinajstić information content (AvgIpc) is 3.00. The molecule has 5 heteroatoms. The smallest absolute Gasteiger partial charge is 0.293 e. The second-order valence-electron chi connectivity index (χ2n) is 6.21. The SMILES string of the molecule is CN(CC1CC2CCC1C2)c1ccc(Br)cc1[N+](=O)[O-]. The summed E-state index contributed by atoms with van der Waals surface area (Å²) in [5.74, 6) is 2.47. The molecule has 0 aromatic heterocycles. The average molecular weight is 339 g/mol. The summed E-state index contributed by atoms with van der Waals surface area (Å²) < 4.78 is 0.751. The van der Waals surface area contributed by atoms with Crippen LogP contribution in [-0.2, 0) is 0 Å². The van der Waals surface area contributed by atoms with Crippen LogP contribution in [0.5, 0.6) is 0 Å². The predicted molar refractivity (Wildman–Crippen MR) is 83.0 cm³/mol. The van der Waals surface area contributed by atoms with Crippen molar-refractivity contribution in [2.45, 2.75) is 25.7 Å². The van der Waals surface area contributed by atoms with Gasteiger partial charge in [-0.05, 0) is 49.1 Å². The molecule has 0 radical (unpaired) electrons. The largest absolute Gasteiger partial charge is 0.369 e. The van der Waals surface area contributed by atoms with Gasteiger partial charge in [0.2, 0.25) is 0 Å². The van der Waals surface area contributed by atoms with Gasteiger partial charge in [-0.3, -0.25) is 10.1 Å². The standard InChI is InChI=1S/C15H19BrN2O2/c1-17(9-12-7-10-2-3-11(12)6-10)14-5-4-13(16)8-15(14)18(19)20/h4-5,8,10-12H,2-3,6-7,9H2,1H3. The van der Waals surface area contributed by atoms with Crippen molar-refractivity contribution in [1.29, 1.82) is 0 Å². The Morgan fingerprint density at radius 1 is 1.40 bits per heavy atom. The third-order valence-corrected chi connectivity index (χ3v) is 5.43. The lowest BCUT2D eigenvalue weighted by molar-refractivity contribution is -0.384. The molecular formula is C15H19BrN2O2. The van der Waals surface area contributed by atoms with Gasteiger partial charge < -0.3 is 4.90 Å². The molecule has 4 nitrogen and oxygen atoms in total. The summed E-state index contributed by atoms with van der Waals surface area (Å²) in [6.07, 6.45) is 5.43. The summed E-state index contributed by atoms with van der Waals surface area (Å²) >= 11 is 3.31. The second-order valence-corrected chi connectivity index (χ2v) is 7.12. The lowest BCUT2D eigenvalue weighted by Gasteiger charge is -2.28. The zero-order valence-corrected chi connectivity index (χ0v) is 13.2. The third-order valence-electron chi connectivity index (χ3n) is 4.94. The van der Waals surface area contributed by atoms with E-state index in [2.05, 4.69) is 20.8 Å². The van der Waals surface area contributed by atoms with Crippen LogP contribution in [0, 0.1) is 27.9 Å². The van der Waals surface area contributed by atoms with Gasteiger partial charge in [-0.25, -0.2) is 0 Å². The van der Waals surface area contributed by atoms with Gasteiger partial charge in [-0.1, -0.05) is 22.4 Å². The van der Waals surface area contributed by atoms with Gasteiger partial charge in [0.05, 0.1) is 4.92 Å². The third kappa shape index (κ3) is 2.55. The molecule has 2 aliphatic carbocycles. The summed E-state index contributed by atoms with van der Waals surface area (Å²) in [4.78, 5) is 13.0. The van der Waals surface area contributed by atoms with Crippen molar-refractivity contribution in [3.8, 4) is 0 Å². The summed E-state index contributed by atoms with van der Waals surface area (Å²) in [6.45, 7) is 0.934. The maximum Gasteiger partial charge on any atom is 0.293 e. The first-order valence-electron chi connectivity index (χ1n) is 7.19. The molecule has 0 amide bonds. The molecule has 3 atom stereocenters. The number of halogens is 1. The molecule has 0 heterocycles. The molecule has 3 rings (SSSR count). The van der Waals surface area contributed by atoms with Crippen LogP contribution in [0.1, 0.15) is 25.7 Å². The topological polar surface area (TPSA) is 46.4 Å². The van der Waals surface area contributed by atoms with Crippen molar-refractivity contribution < 1.29 is 4.92 Å². The number of nitrogens with zero attached hydrogens (tertiary/aromatic N) is 2. The Hall–Kier alpha value is -1.10. The van der Waals surface area contributed by atoms with E-state index in [0.717, 1.165) is 28.5 Å². The highest BCUT2D eigenvalue weighted by Crippen LogP contribution is 2.48. The van der Waals surface area contributed by atoms with Crippen LogP contribution in [0.3, 0.4) is 0 Å². The number of nitro benzene ring substituents is 1. The Balaban J connectivity index is 1.77. The monoisotopic (exact) mass is 338 g/mol. The second kappa shape index (κ2) is 5.35. The van der Waals surface area contributed by atoms with E-state index in [1.165, 1.54) is 25.7 Å². The first-order valence-corrected chi connectivity index (χ1v) is 7.99. The van der Waals surface area contributed by atoms with E-state index in [0.29, 0.717) is 5.92 Å². The number of fused-ring (bicyclic) bond motifs is 2. The number of hydrogen-bond acceptors (Lipinski definition) is 3. The summed E-state index contributed by atoms with van der Waals surface area (Å²) in [5.41, 5.74) is 0.908. The molecule has 1 aromatic carbocycles. The first kappa shape index (κ1) is 13.9. The summed E-state index contributed by atoms with van der Waals surface area (Å²) in [6, 6.07) is 5.31. The Morgan fingerprint density at radius 3 is 2.80 bits per heavy atom. The Morgan fingerprint density at radius 2 is 2.20 bits per heavy atom. The van der Waals surface area contributed by atoms with Crippen LogP contribution >= 0.6 is 15.9 Å². The highest BCUT2D eigenvalue weighted by molar-refractivity contribution is 9.10. The van der Waals surface area contributed by atoms with Gasteiger partial charge in [0.1, 0.15) is 5.69 Å². The molecule has 2 bridgehead atoms. The predicted octanol–water partition coefficient (Wildman–Crippen LogP) is 4.23. The van der Waals surface area contributed by atoms with Gasteiger partial charge in [0.15, 0.2) is 0 Å². The minimum Gasteiger partial charge on any atom is -0.369 e. The van der Waals surface area contributed by atoms with Gasteiger partial charge in [0.25, 0.3) is 5.69 Å². The summed E-state index contributed by atoms with van der Waals surface area (Å²) in [7, 11) is 1.97. The van der Waals surface area contributed by atoms with Crippen molar-refractivity contribution in [3.05, 3.63) is 32.8 Å². The number of anilines is 1. The van der Waals surface area contributed by atoms with Crippen LogP contribution in [0.25, 0.3) is 0 Å². The molecule has 20 heavy (non-hydrogen) atoms. The molecule has 0 aliphatic heterocycles. The van der Waals surface area contributed by atoms with Crippen molar-refractivity contribution in [1.82, 2.24) is 0 Å². The molecule has 3 unspecified atom stereocenters. The van der Waals surface area contributed by atoms with Crippen molar-refractivity contribution in [3.63, 3.8) is 0 Å². The molecule has 108 valence electrons. The van der Waals surface area contributed by atoms with E-state index >= 15 is 0 Å². The van der Waals surface area contributed by atoms with Gasteiger partial charge in [-0.15, -0.1) is 0 Å². The molecule has 1 aromatic rings. The molecule has 0 N–H and O–H groups in total. The quantitative estimate of drug-likeness (QED) is 0.609. The molecule has 2 fully saturated rings. The molecule has 2 aliphatic rings. The number of nitro groups is 1. The van der Waals surface area contributed by atoms with Gasteiger partial charge in [-0.2, -0.15) is 0 Å². The fourth-order valence-electron chi connectivity index (χ4n) is 4.02. The fourth-order valence-corrected chi connectivity index (χ4v) is 4.36. The lowest BCUT2D eigenvalue weighted by Crippen LogP contribution is -2.29. The highest BCUT2D eigenvalue weighted by Gasteiger charge is 2.40. The van der Waals surface area contributed by atoms with Crippen molar-refractivity contribution in [2.24, 2.45) is 17.8 Å². The van der Waals surface area contributed by atoms with Gasteiger partial charge >= 0.3 is 0 Å². The molecule has 0 saturated heterocycles. The molecular weight excluding hydrogens is 320 g/mol. The van der Waals surface area contributed by atoms with E-state index in [1.54, 1.807) is 6.07 Å². The Labute approximate surface area is 127 Å². The van der Waals surface area contributed by atoms with Crippen LogP contribution in [0.4, 0.5) is 11.4 Å². The molecule has 2 saturated carbocycles. The Bertz CT molecular complexity index is 535. The van der Waals surface area contributed by atoms with E-state index in [-0.39, 0.29) is 10.6 Å². The summed E-state index contributed by atoms with van der Waals surface area (Å²) in [5, 5.41) is 11.2. The van der Waals surface area contributed by atoms with Crippen molar-refractivity contribution in [2.75, 3.05) is 18.5 Å². The Kier molecular flexibility index (Phi) is 3.71. The maximum atomic E-state index is 11.2. The van der Waals surface area contributed by atoms with Crippen LogP contribution in [-0.4, -0.2) is 18.5 Å². The maximum absolute atomic E-state index is 11.2. The number of benzene rings is 1. The zero-order valence-electron chi connectivity index (χ0n) is 11.6. The van der Waals surface area contributed by atoms with Crippen molar-refractivity contribution >= 4 is 27.3 Å². The van der Waals surface area contributed by atoms with Crippen LogP contribution in [0.15, 0.2) is 22.7 Å². The van der Waals surface area contributed by atoms with Crippen LogP contribution < -0.4 is 4.90 Å². The van der Waals surface area contributed by atoms with E-state index in [4.69, 9.17) is 0 Å². The number of rotatable bonds is 4. The van der Waals surface area contributed by atoms with Crippen LogP contribution in [0.2, 0.25) is 0 Å². The normalized spacial score (nSPS) is 27.8. The highest BCUT2D eigenvalue weighted by atomic mass is 79.9. The minimum atomic E-state index is -0.294. The molecule has 0 spiro atoms. The van der Waals surface area contributed by atoms with Gasteiger partial charge in [0, 0.05) is 24.1 Å². The lowest BCUT2D eigenvalue weighted by atomic mass is 9.88. The number of hydrogen-bond donors (Lipinski definition) is 0. The zero-order chi connectivity index (χ0) is 14.3. The first-order chi connectivity index (χ1) is 9.54.